The number of aromatic nitrogens is 1. The molecule has 0 aliphatic rings. The highest BCUT2D eigenvalue weighted by molar-refractivity contribution is 7.90. The van der Waals surface area contributed by atoms with Crippen LogP contribution < -0.4 is 5.73 Å². The van der Waals surface area contributed by atoms with Crippen molar-refractivity contribution in [2.45, 2.75) is 11.4 Å². The number of hydrogen-bond donors (Lipinski definition) is 1. The van der Waals surface area contributed by atoms with Crippen molar-refractivity contribution in [2.75, 3.05) is 6.26 Å². The molecule has 0 fully saturated rings. The van der Waals surface area contributed by atoms with Crippen molar-refractivity contribution in [2.24, 2.45) is 5.73 Å². The highest BCUT2D eigenvalue weighted by atomic mass is 35.5. The third kappa shape index (κ3) is 2.40. The van der Waals surface area contributed by atoms with Crippen LogP contribution in [0.5, 0.6) is 0 Å². The molecule has 1 aromatic rings. The molecule has 0 saturated heterocycles. The minimum Gasteiger partial charge on any atom is -0.325 e. The lowest BCUT2D eigenvalue weighted by atomic mass is 10.3. The van der Waals surface area contributed by atoms with E-state index in [2.05, 4.69) is 4.98 Å². The number of nitrogens with two attached hydrogens (primary N) is 1. The summed E-state index contributed by atoms with van der Waals surface area (Å²) in [5.74, 6) is 0. The fraction of sp³-hybridized carbons (Fsp3) is 0.286. The Balaban J connectivity index is 3.41. The van der Waals surface area contributed by atoms with Crippen LogP contribution >= 0.6 is 11.6 Å². The molecule has 0 spiro atoms. The fourth-order valence-electron chi connectivity index (χ4n) is 0.923. The summed E-state index contributed by atoms with van der Waals surface area (Å²) >= 11 is 5.61. The fourth-order valence-corrected chi connectivity index (χ4v) is 2.05. The lowest BCUT2D eigenvalue weighted by Gasteiger charge is -2.04. The summed E-state index contributed by atoms with van der Waals surface area (Å²) in [4.78, 5) is 3.93. The Hall–Kier alpha value is -0.650. The largest absolute Gasteiger partial charge is 0.325 e. The maximum atomic E-state index is 11.2. The van der Waals surface area contributed by atoms with Crippen LogP contribution in [0.15, 0.2) is 17.2 Å². The van der Waals surface area contributed by atoms with Crippen LogP contribution in [0.3, 0.4) is 0 Å². The molecule has 1 rings (SSSR count). The first-order valence-corrected chi connectivity index (χ1v) is 5.76. The summed E-state index contributed by atoms with van der Waals surface area (Å²) in [6.07, 6.45) is 2.47. The van der Waals surface area contributed by atoms with Crippen LogP contribution in [0.1, 0.15) is 5.69 Å². The topological polar surface area (TPSA) is 73.0 Å². The van der Waals surface area contributed by atoms with E-state index in [0.717, 1.165) is 6.26 Å². The molecule has 72 valence electrons. The van der Waals surface area contributed by atoms with E-state index in [0.29, 0.717) is 5.69 Å². The van der Waals surface area contributed by atoms with Crippen molar-refractivity contribution in [3.05, 3.63) is 23.0 Å². The zero-order chi connectivity index (χ0) is 10.1. The number of halogens is 1. The third-order valence-corrected chi connectivity index (χ3v) is 2.85. The Morgan fingerprint density at radius 3 is 2.69 bits per heavy atom. The van der Waals surface area contributed by atoms with Crippen molar-refractivity contribution in [3.8, 4) is 0 Å². The van der Waals surface area contributed by atoms with Crippen LogP contribution in [-0.2, 0) is 16.4 Å². The molecule has 0 bridgehead atoms. The van der Waals surface area contributed by atoms with Crippen LogP contribution in [0.4, 0.5) is 0 Å². The Morgan fingerprint density at radius 2 is 2.23 bits per heavy atom. The smallest absolute Gasteiger partial charge is 0.177 e. The predicted molar refractivity (Wildman–Crippen MR) is 50.2 cm³/mol. The third-order valence-electron chi connectivity index (χ3n) is 1.49. The van der Waals surface area contributed by atoms with Gasteiger partial charge in [-0.15, -0.1) is 0 Å². The molecular formula is C7H9ClN2O2S. The molecule has 6 heteroatoms. The minimum atomic E-state index is -3.30. The lowest BCUT2D eigenvalue weighted by molar-refractivity contribution is 0.600. The Bertz CT molecular complexity index is 417. The molecule has 1 aromatic heterocycles. The zero-order valence-corrected chi connectivity index (χ0v) is 8.56. The van der Waals surface area contributed by atoms with Crippen LogP contribution in [0.2, 0.25) is 5.02 Å². The summed E-state index contributed by atoms with van der Waals surface area (Å²) in [5.41, 5.74) is 5.67. The molecule has 2 N–H and O–H groups in total. The van der Waals surface area contributed by atoms with Crippen molar-refractivity contribution < 1.29 is 8.42 Å². The van der Waals surface area contributed by atoms with Gasteiger partial charge >= 0.3 is 0 Å². The molecule has 0 saturated carbocycles. The van der Waals surface area contributed by atoms with Gasteiger partial charge < -0.3 is 5.73 Å². The molecule has 4 nitrogen and oxygen atoms in total. The Morgan fingerprint density at radius 1 is 1.62 bits per heavy atom. The van der Waals surface area contributed by atoms with E-state index in [1.807, 2.05) is 0 Å². The summed E-state index contributed by atoms with van der Waals surface area (Å²) in [5, 5.41) is 0.289. The van der Waals surface area contributed by atoms with E-state index < -0.39 is 9.84 Å². The molecule has 1 heterocycles. The van der Waals surface area contributed by atoms with Gasteiger partial charge in [-0.3, -0.25) is 4.98 Å². The van der Waals surface area contributed by atoms with E-state index in [1.54, 1.807) is 0 Å². The lowest BCUT2D eigenvalue weighted by Crippen LogP contribution is -2.08. The predicted octanol–water partition coefficient (Wildman–Crippen LogP) is 0.597. The average Bonchev–Trinajstić information content (AvgIpc) is 2.03. The molecular weight excluding hydrogens is 212 g/mol. The monoisotopic (exact) mass is 220 g/mol. The van der Waals surface area contributed by atoms with Crippen molar-refractivity contribution >= 4 is 21.4 Å². The second kappa shape index (κ2) is 3.61. The van der Waals surface area contributed by atoms with E-state index in [1.165, 1.54) is 12.3 Å². The van der Waals surface area contributed by atoms with Gasteiger partial charge in [-0.1, -0.05) is 11.6 Å². The van der Waals surface area contributed by atoms with Gasteiger partial charge in [-0.05, 0) is 6.07 Å². The molecule has 0 aliphatic heterocycles. The van der Waals surface area contributed by atoms with Gasteiger partial charge in [-0.25, -0.2) is 8.42 Å². The summed E-state index contributed by atoms with van der Waals surface area (Å²) in [6.45, 7) is 0.0829. The van der Waals surface area contributed by atoms with Gasteiger partial charge in [-0.2, -0.15) is 0 Å². The molecule has 0 amide bonds. The quantitative estimate of drug-likeness (QED) is 0.792. The standard InChI is InChI=1S/C7H9ClN2O2S/c1-13(11,12)7-2-5(8)4-10-6(7)3-9/h2,4H,3,9H2,1H3. The van der Waals surface area contributed by atoms with E-state index >= 15 is 0 Å². The molecule has 0 atom stereocenters. The van der Waals surface area contributed by atoms with Gasteiger partial charge in [0.15, 0.2) is 9.84 Å². The maximum Gasteiger partial charge on any atom is 0.177 e. The van der Waals surface area contributed by atoms with Gasteiger partial charge in [0, 0.05) is 19.0 Å². The number of pyridine rings is 1. The Labute approximate surface area is 81.6 Å². The van der Waals surface area contributed by atoms with E-state index in [4.69, 9.17) is 17.3 Å². The van der Waals surface area contributed by atoms with Gasteiger partial charge in [0.05, 0.1) is 15.6 Å². The first-order valence-electron chi connectivity index (χ1n) is 3.49. The van der Waals surface area contributed by atoms with E-state index in [-0.39, 0.29) is 16.5 Å². The molecule has 0 aliphatic carbocycles. The van der Waals surface area contributed by atoms with Crippen molar-refractivity contribution in [1.82, 2.24) is 4.98 Å². The number of nitrogens with zero attached hydrogens (tertiary/aromatic N) is 1. The molecule has 0 unspecified atom stereocenters. The second-order valence-electron chi connectivity index (χ2n) is 2.57. The zero-order valence-electron chi connectivity index (χ0n) is 6.99. The number of hydrogen-bond acceptors (Lipinski definition) is 4. The summed E-state index contributed by atoms with van der Waals surface area (Å²) in [7, 11) is -3.30. The normalized spacial score (nSPS) is 11.6. The number of rotatable bonds is 2. The first kappa shape index (κ1) is 10.4. The highest BCUT2D eigenvalue weighted by Gasteiger charge is 2.13. The second-order valence-corrected chi connectivity index (χ2v) is 5.00. The van der Waals surface area contributed by atoms with Gasteiger partial charge in [0.25, 0.3) is 0 Å². The molecule has 13 heavy (non-hydrogen) atoms. The van der Waals surface area contributed by atoms with Crippen molar-refractivity contribution in [1.29, 1.82) is 0 Å². The molecule has 0 radical (unpaired) electrons. The number of sulfone groups is 1. The Kier molecular flexibility index (Phi) is 2.90. The minimum absolute atomic E-state index is 0.0829. The van der Waals surface area contributed by atoms with Crippen LogP contribution in [0, 0.1) is 0 Å². The first-order chi connectivity index (χ1) is 5.95. The average molecular weight is 221 g/mol. The maximum absolute atomic E-state index is 11.2. The van der Waals surface area contributed by atoms with Gasteiger partial charge in [0.1, 0.15) is 0 Å². The van der Waals surface area contributed by atoms with Gasteiger partial charge in [0.2, 0.25) is 0 Å². The van der Waals surface area contributed by atoms with Crippen LogP contribution in [0.25, 0.3) is 0 Å². The van der Waals surface area contributed by atoms with Crippen LogP contribution in [-0.4, -0.2) is 19.7 Å². The van der Waals surface area contributed by atoms with E-state index in [9.17, 15) is 8.42 Å². The SMILES string of the molecule is CS(=O)(=O)c1cc(Cl)cnc1CN. The van der Waals surface area contributed by atoms with Crippen molar-refractivity contribution in [3.63, 3.8) is 0 Å². The molecule has 0 aromatic carbocycles. The summed E-state index contributed by atoms with van der Waals surface area (Å²) in [6, 6.07) is 1.35. The summed E-state index contributed by atoms with van der Waals surface area (Å²) < 4.78 is 22.4. The highest BCUT2D eigenvalue weighted by Crippen LogP contribution is 2.17.